The highest BCUT2D eigenvalue weighted by molar-refractivity contribution is 6.01. The molecule has 0 radical (unpaired) electrons. The molecule has 2 rings (SSSR count). The van der Waals surface area contributed by atoms with Crippen LogP contribution in [0.3, 0.4) is 0 Å². The van der Waals surface area contributed by atoms with Gasteiger partial charge in [-0.3, -0.25) is 9.78 Å². The lowest BCUT2D eigenvalue weighted by atomic mass is 9.98. The van der Waals surface area contributed by atoms with Gasteiger partial charge >= 0.3 is 0 Å². The average Bonchev–Trinajstić information content (AvgIpc) is 2.97. The van der Waals surface area contributed by atoms with Crippen molar-refractivity contribution < 1.29 is 9.53 Å². The van der Waals surface area contributed by atoms with Crippen LogP contribution in [0.15, 0.2) is 18.5 Å². The predicted octanol–water partition coefficient (Wildman–Crippen LogP) is 2.07. The maximum atomic E-state index is 11.9. The summed E-state index contributed by atoms with van der Waals surface area (Å²) in [7, 11) is 1.57. The van der Waals surface area contributed by atoms with Crippen LogP contribution in [-0.4, -0.2) is 17.9 Å². The molecule has 0 aliphatic heterocycles. The number of carbonyl (C=O) groups is 1. The van der Waals surface area contributed by atoms with Crippen LogP contribution in [0, 0.1) is 5.41 Å². The van der Waals surface area contributed by atoms with Crippen molar-refractivity contribution >= 4 is 5.78 Å². The molecule has 1 aliphatic carbocycles. The quantitative estimate of drug-likeness (QED) is 0.686. The highest BCUT2D eigenvalue weighted by atomic mass is 16.5. The van der Waals surface area contributed by atoms with Gasteiger partial charge in [0.2, 0.25) is 0 Å². The van der Waals surface area contributed by atoms with Crippen LogP contribution < -0.4 is 4.74 Å². The van der Waals surface area contributed by atoms with Gasteiger partial charge in [-0.25, -0.2) is 0 Å². The Kier molecular flexibility index (Phi) is 2.02. The topological polar surface area (TPSA) is 39.2 Å². The molecule has 0 amide bonds. The average molecular weight is 191 g/mol. The fraction of sp³-hybridized carbons (Fsp3) is 0.455. The fourth-order valence-corrected chi connectivity index (χ4v) is 1.42. The Labute approximate surface area is 83.1 Å². The molecule has 0 aromatic carbocycles. The highest BCUT2D eigenvalue weighted by Crippen LogP contribution is 2.47. The molecule has 0 N–H and O–H groups in total. The normalized spacial score (nSPS) is 17.6. The molecular formula is C11H13NO2. The second-order valence-corrected chi connectivity index (χ2v) is 4.00. The van der Waals surface area contributed by atoms with Crippen molar-refractivity contribution in [1.29, 1.82) is 0 Å². The number of Topliss-reactive ketones (excluding diaryl/α,β-unsaturated/α-hetero) is 1. The lowest BCUT2D eigenvalue weighted by Gasteiger charge is -2.07. The summed E-state index contributed by atoms with van der Waals surface area (Å²) in [5, 5.41) is 0. The first-order chi connectivity index (χ1) is 6.65. The van der Waals surface area contributed by atoms with Crippen molar-refractivity contribution in [3.05, 3.63) is 24.0 Å². The van der Waals surface area contributed by atoms with Crippen LogP contribution in [0.2, 0.25) is 0 Å². The Morgan fingerprint density at radius 2 is 2.21 bits per heavy atom. The van der Waals surface area contributed by atoms with Crippen molar-refractivity contribution in [1.82, 2.24) is 4.98 Å². The Hall–Kier alpha value is -1.38. The van der Waals surface area contributed by atoms with E-state index in [1.165, 1.54) is 0 Å². The van der Waals surface area contributed by atoms with Gasteiger partial charge in [-0.15, -0.1) is 0 Å². The molecule has 0 saturated heterocycles. The molecule has 0 spiro atoms. The molecule has 1 heterocycles. The van der Waals surface area contributed by atoms with Gasteiger partial charge in [-0.2, -0.15) is 0 Å². The Balaban J connectivity index is 2.27. The molecular weight excluding hydrogens is 178 g/mol. The number of ether oxygens (including phenoxy) is 1. The van der Waals surface area contributed by atoms with Gasteiger partial charge < -0.3 is 4.74 Å². The smallest absolute Gasteiger partial charge is 0.170 e. The first kappa shape index (κ1) is 9.19. The summed E-state index contributed by atoms with van der Waals surface area (Å²) in [4.78, 5) is 15.9. The first-order valence-corrected chi connectivity index (χ1v) is 4.69. The summed E-state index contributed by atoms with van der Waals surface area (Å²) >= 11 is 0. The van der Waals surface area contributed by atoms with E-state index in [9.17, 15) is 4.79 Å². The second kappa shape index (κ2) is 3.08. The summed E-state index contributed by atoms with van der Waals surface area (Å²) in [5.74, 6) is 0.823. The van der Waals surface area contributed by atoms with Crippen LogP contribution in [0.4, 0.5) is 0 Å². The van der Waals surface area contributed by atoms with E-state index < -0.39 is 0 Å². The summed E-state index contributed by atoms with van der Waals surface area (Å²) in [6.07, 6.45) is 5.19. The van der Waals surface area contributed by atoms with E-state index in [0.29, 0.717) is 11.3 Å². The minimum absolute atomic E-state index is 0.131. The zero-order chi connectivity index (χ0) is 10.2. The number of rotatable bonds is 3. The molecule has 0 bridgehead atoms. The molecule has 74 valence electrons. The van der Waals surface area contributed by atoms with Gasteiger partial charge in [0.05, 0.1) is 13.3 Å². The SMILES string of the molecule is COc1cncc(C(=O)C2(C)CC2)c1. The van der Waals surface area contributed by atoms with E-state index >= 15 is 0 Å². The lowest BCUT2D eigenvalue weighted by molar-refractivity contribution is 0.0912. The van der Waals surface area contributed by atoms with Crippen LogP contribution in [0.5, 0.6) is 5.75 Å². The van der Waals surface area contributed by atoms with Crippen LogP contribution >= 0.6 is 0 Å². The van der Waals surface area contributed by atoms with Gasteiger partial charge in [-0.05, 0) is 18.9 Å². The number of hydrogen-bond acceptors (Lipinski definition) is 3. The van der Waals surface area contributed by atoms with E-state index in [1.54, 1.807) is 25.6 Å². The third-order valence-electron chi connectivity index (χ3n) is 2.76. The lowest BCUT2D eigenvalue weighted by Crippen LogP contribution is -2.12. The van der Waals surface area contributed by atoms with Crippen LogP contribution in [0.1, 0.15) is 30.1 Å². The van der Waals surface area contributed by atoms with Crippen LogP contribution in [0.25, 0.3) is 0 Å². The minimum atomic E-state index is -0.131. The molecule has 0 atom stereocenters. The molecule has 1 aromatic heterocycles. The largest absolute Gasteiger partial charge is 0.495 e. The van der Waals surface area contributed by atoms with Crippen molar-refractivity contribution in [3.8, 4) is 5.75 Å². The summed E-state index contributed by atoms with van der Waals surface area (Å²) in [5.41, 5.74) is 0.526. The number of pyridine rings is 1. The molecule has 0 unspecified atom stereocenters. The Morgan fingerprint density at radius 3 is 2.79 bits per heavy atom. The van der Waals surface area contributed by atoms with Crippen molar-refractivity contribution in [2.24, 2.45) is 5.41 Å². The molecule has 14 heavy (non-hydrogen) atoms. The third kappa shape index (κ3) is 1.50. The maximum absolute atomic E-state index is 11.9. The van der Waals surface area contributed by atoms with E-state index in [1.807, 2.05) is 6.92 Å². The van der Waals surface area contributed by atoms with Gasteiger partial charge in [-0.1, -0.05) is 6.92 Å². The van der Waals surface area contributed by atoms with Gasteiger partial charge in [0.1, 0.15) is 5.75 Å². The molecule has 1 fully saturated rings. The molecule has 1 aliphatic rings. The third-order valence-corrected chi connectivity index (χ3v) is 2.76. The summed E-state index contributed by atoms with van der Waals surface area (Å²) < 4.78 is 5.02. The molecule has 1 saturated carbocycles. The van der Waals surface area contributed by atoms with E-state index in [4.69, 9.17) is 4.74 Å². The minimum Gasteiger partial charge on any atom is -0.495 e. The number of methoxy groups -OCH3 is 1. The molecule has 3 heteroatoms. The van der Waals surface area contributed by atoms with E-state index in [2.05, 4.69) is 4.98 Å². The van der Waals surface area contributed by atoms with Gasteiger partial charge in [0.15, 0.2) is 5.78 Å². The maximum Gasteiger partial charge on any atom is 0.170 e. The Bertz CT molecular complexity index is 369. The summed E-state index contributed by atoms with van der Waals surface area (Å²) in [6, 6.07) is 1.75. The zero-order valence-corrected chi connectivity index (χ0v) is 8.41. The number of carbonyl (C=O) groups excluding carboxylic acids is 1. The van der Waals surface area contributed by atoms with Crippen molar-refractivity contribution in [2.45, 2.75) is 19.8 Å². The number of aromatic nitrogens is 1. The summed E-state index contributed by atoms with van der Waals surface area (Å²) in [6.45, 7) is 1.99. The van der Waals surface area contributed by atoms with Gasteiger partial charge in [0.25, 0.3) is 0 Å². The van der Waals surface area contributed by atoms with Gasteiger partial charge in [0, 0.05) is 17.2 Å². The monoisotopic (exact) mass is 191 g/mol. The Morgan fingerprint density at radius 1 is 1.50 bits per heavy atom. The molecule has 3 nitrogen and oxygen atoms in total. The van der Waals surface area contributed by atoms with Crippen LogP contribution in [-0.2, 0) is 0 Å². The predicted molar refractivity (Wildman–Crippen MR) is 52.5 cm³/mol. The number of hydrogen-bond donors (Lipinski definition) is 0. The standard InChI is InChI=1S/C11H13NO2/c1-11(3-4-11)10(13)8-5-9(14-2)7-12-6-8/h5-7H,3-4H2,1-2H3. The molecule has 1 aromatic rings. The second-order valence-electron chi connectivity index (χ2n) is 4.00. The van der Waals surface area contributed by atoms with Crippen molar-refractivity contribution in [3.63, 3.8) is 0 Å². The van der Waals surface area contributed by atoms with E-state index in [0.717, 1.165) is 12.8 Å². The van der Waals surface area contributed by atoms with E-state index in [-0.39, 0.29) is 11.2 Å². The number of nitrogens with zero attached hydrogens (tertiary/aromatic N) is 1. The zero-order valence-electron chi connectivity index (χ0n) is 8.41. The fourth-order valence-electron chi connectivity index (χ4n) is 1.42. The van der Waals surface area contributed by atoms with Crippen molar-refractivity contribution in [2.75, 3.05) is 7.11 Å². The number of ketones is 1. The highest BCUT2D eigenvalue weighted by Gasteiger charge is 2.45. The first-order valence-electron chi connectivity index (χ1n) is 4.69.